The smallest absolute Gasteiger partial charge is 0.130 e. The van der Waals surface area contributed by atoms with Crippen molar-refractivity contribution in [3.8, 4) is 0 Å². The highest BCUT2D eigenvalue weighted by Crippen LogP contribution is 2.28. The molecule has 0 amide bonds. The van der Waals surface area contributed by atoms with Crippen LogP contribution in [-0.4, -0.2) is 5.11 Å². The molecule has 2 unspecified atom stereocenters. The van der Waals surface area contributed by atoms with Crippen LogP contribution in [-0.2, 0) is 6.61 Å². The Kier molecular flexibility index (Phi) is 5.85. The van der Waals surface area contributed by atoms with Gasteiger partial charge in [0.1, 0.15) is 11.6 Å². The van der Waals surface area contributed by atoms with Crippen LogP contribution in [0.5, 0.6) is 0 Å². The lowest BCUT2D eigenvalue weighted by molar-refractivity contribution is 0.281. The molecule has 23 heavy (non-hydrogen) atoms. The summed E-state index contributed by atoms with van der Waals surface area (Å²) < 4.78 is 27.3. The van der Waals surface area contributed by atoms with Crippen molar-refractivity contribution in [3.63, 3.8) is 0 Å². The van der Waals surface area contributed by atoms with Gasteiger partial charge in [0.25, 0.3) is 0 Å². The monoisotopic (exact) mass is 319 g/mol. The summed E-state index contributed by atoms with van der Waals surface area (Å²) in [6.07, 6.45) is 0. The normalized spacial score (nSPS) is 14.0. The first-order chi connectivity index (χ1) is 10.9. The minimum Gasteiger partial charge on any atom is -0.392 e. The first kappa shape index (κ1) is 17.6. The molecular weight excluding hydrogens is 296 g/mol. The highest BCUT2D eigenvalue weighted by molar-refractivity contribution is 5.27. The number of hydrogen-bond donors (Lipinski definition) is 2. The Morgan fingerprint density at radius 3 is 2.39 bits per heavy atom. The number of hydrogen-bond acceptors (Lipinski definition) is 2. The van der Waals surface area contributed by atoms with E-state index in [9.17, 15) is 13.9 Å². The fourth-order valence-electron chi connectivity index (χ4n) is 2.72. The first-order valence-corrected chi connectivity index (χ1v) is 7.83. The molecule has 0 aliphatic heterocycles. The molecule has 2 atom stereocenters. The molecule has 2 aromatic carbocycles. The van der Waals surface area contributed by atoms with Gasteiger partial charge in [0.15, 0.2) is 0 Å². The van der Waals surface area contributed by atoms with Gasteiger partial charge in [0.05, 0.1) is 6.61 Å². The molecule has 0 aromatic heterocycles. The summed E-state index contributed by atoms with van der Waals surface area (Å²) in [5, 5.41) is 12.7. The summed E-state index contributed by atoms with van der Waals surface area (Å²) in [4.78, 5) is 0. The lowest BCUT2D eigenvalue weighted by Crippen LogP contribution is -2.29. The van der Waals surface area contributed by atoms with E-state index in [1.807, 2.05) is 45.0 Å². The van der Waals surface area contributed by atoms with Crippen LogP contribution in [0.25, 0.3) is 0 Å². The van der Waals surface area contributed by atoms with E-state index >= 15 is 0 Å². The van der Waals surface area contributed by atoms with Crippen LogP contribution in [0.2, 0.25) is 0 Å². The Labute approximate surface area is 136 Å². The Hall–Kier alpha value is -1.78. The third-order valence-electron chi connectivity index (χ3n) is 4.03. The lowest BCUT2D eigenvalue weighted by atomic mass is 9.93. The van der Waals surface area contributed by atoms with E-state index in [0.29, 0.717) is 5.56 Å². The van der Waals surface area contributed by atoms with Crippen molar-refractivity contribution in [2.24, 2.45) is 5.92 Å². The van der Waals surface area contributed by atoms with Crippen LogP contribution < -0.4 is 5.32 Å². The van der Waals surface area contributed by atoms with E-state index in [1.165, 1.54) is 12.1 Å². The third-order valence-corrected chi connectivity index (χ3v) is 4.03. The molecule has 0 heterocycles. The molecule has 124 valence electrons. The van der Waals surface area contributed by atoms with Gasteiger partial charge < -0.3 is 10.4 Å². The minimum absolute atomic E-state index is 0.0131. The number of halogens is 2. The van der Waals surface area contributed by atoms with Gasteiger partial charge in [-0.2, -0.15) is 0 Å². The molecule has 0 aliphatic carbocycles. The van der Waals surface area contributed by atoms with Gasteiger partial charge in [0.2, 0.25) is 0 Å². The second-order valence-corrected chi connectivity index (χ2v) is 6.18. The third kappa shape index (κ3) is 4.36. The molecule has 2 N–H and O–H groups in total. The molecule has 0 saturated heterocycles. The van der Waals surface area contributed by atoms with Crippen LogP contribution in [0.15, 0.2) is 42.5 Å². The number of aliphatic hydroxyl groups excluding tert-OH is 1. The molecular formula is C19H23F2NO. The Morgan fingerprint density at radius 2 is 1.78 bits per heavy atom. The van der Waals surface area contributed by atoms with E-state index in [2.05, 4.69) is 5.32 Å². The van der Waals surface area contributed by atoms with Crippen LogP contribution >= 0.6 is 0 Å². The molecule has 0 spiro atoms. The zero-order chi connectivity index (χ0) is 17.0. The summed E-state index contributed by atoms with van der Waals surface area (Å²) in [5.41, 5.74) is 2.32. The van der Waals surface area contributed by atoms with Gasteiger partial charge in [-0.25, -0.2) is 8.78 Å². The molecule has 2 aromatic rings. The largest absolute Gasteiger partial charge is 0.392 e. The van der Waals surface area contributed by atoms with Crippen molar-refractivity contribution in [3.05, 3.63) is 70.8 Å². The average molecular weight is 319 g/mol. The molecule has 2 rings (SSSR count). The van der Waals surface area contributed by atoms with Crippen molar-refractivity contribution >= 4 is 0 Å². The van der Waals surface area contributed by atoms with E-state index in [0.717, 1.165) is 17.2 Å². The van der Waals surface area contributed by atoms with Crippen LogP contribution in [0.3, 0.4) is 0 Å². The number of rotatable bonds is 6. The van der Waals surface area contributed by atoms with E-state index in [-0.39, 0.29) is 24.6 Å². The van der Waals surface area contributed by atoms with Crippen LogP contribution in [0, 0.1) is 17.6 Å². The highest BCUT2D eigenvalue weighted by Gasteiger charge is 2.22. The van der Waals surface area contributed by atoms with Crippen molar-refractivity contribution in [1.82, 2.24) is 5.32 Å². The maximum atomic E-state index is 14.1. The number of benzene rings is 2. The Morgan fingerprint density at radius 1 is 1.04 bits per heavy atom. The number of nitrogens with one attached hydrogen (secondary N) is 1. The molecule has 0 fully saturated rings. The maximum absolute atomic E-state index is 14.1. The minimum atomic E-state index is -0.572. The fourth-order valence-corrected chi connectivity index (χ4v) is 2.72. The van der Waals surface area contributed by atoms with Gasteiger partial charge in [-0.15, -0.1) is 0 Å². The second kappa shape index (κ2) is 7.66. The first-order valence-electron chi connectivity index (χ1n) is 7.83. The average Bonchev–Trinajstić information content (AvgIpc) is 2.53. The van der Waals surface area contributed by atoms with E-state index < -0.39 is 11.6 Å². The summed E-state index contributed by atoms with van der Waals surface area (Å²) in [6.45, 7) is 5.97. The predicted octanol–water partition coefficient (Wildman–Crippen LogP) is 4.51. The molecule has 0 bridgehead atoms. The zero-order valence-corrected chi connectivity index (χ0v) is 13.7. The summed E-state index contributed by atoms with van der Waals surface area (Å²) in [6, 6.07) is 11.1. The van der Waals surface area contributed by atoms with Crippen molar-refractivity contribution in [2.45, 2.75) is 39.5 Å². The van der Waals surface area contributed by atoms with E-state index in [4.69, 9.17) is 0 Å². The quantitative estimate of drug-likeness (QED) is 0.821. The highest BCUT2D eigenvalue weighted by atomic mass is 19.1. The summed E-state index contributed by atoms with van der Waals surface area (Å²) >= 11 is 0. The zero-order valence-electron chi connectivity index (χ0n) is 13.7. The van der Waals surface area contributed by atoms with Gasteiger partial charge >= 0.3 is 0 Å². The second-order valence-electron chi connectivity index (χ2n) is 6.18. The Balaban J connectivity index is 2.25. The van der Waals surface area contributed by atoms with Gasteiger partial charge in [-0.3, -0.25) is 0 Å². The van der Waals surface area contributed by atoms with Gasteiger partial charge in [-0.1, -0.05) is 44.2 Å². The van der Waals surface area contributed by atoms with Crippen molar-refractivity contribution < 1.29 is 13.9 Å². The van der Waals surface area contributed by atoms with E-state index in [1.54, 1.807) is 0 Å². The molecule has 2 nitrogen and oxygen atoms in total. The molecule has 0 saturated carbocycles. The predicted molar refractivity (Wildman–Crippen MR) is 87.9 cm³/mol. The van der Waals surface area contributed by atoms with Crippen molar-refractivity contribution in [2.75, 3.05) is 0 Å². The number of aliphatic hydroxyl groups is 1. The van der Waals surface area contributed by atoms with Gasteiger partial charge in [0, 0.05) is 23.7 Å². The summed E-state index contributed by atoms with van der Waals surface area (Å²) in [5.74, 6) is -0.969. The molecule has 4 heteroatoms. The molecule has 0 radical (unpaired) electrons. The molecule has 0 aliphatic rings. The Bertz CT molecular complexity index is 658. The van der Waals surface area contributed by atoms with Crippen LogP contribution in [0.1, 0.15) is 49.5 Å². The lowest BCUT2D eigenvalue weighted by Gasteiger charge is -2.28. The maximum Gasteiger partial charge on any atom is 0.130 e. The van der Waals surface area contributed by atoms with Gasteiger partial charge in [-0.05, 0) is 30.0 Å². The topological polar surface area (TPSA) is 32.3 Å². The van der Waals surface area contributed by atoms with Crippen molar-refractivity contribution in [1.29, 1.82) is 0 Å². The van der Waals surface area contributed by atoms with Crippen LogP contribution in [0.4, 0.5) is 8.78 Å². The fraction of sp³-hybridized carbons (Fsp3) is 0.368. The summed E-state index contributed by atoms with van der Waals surface area (Å²) in [7, 11) is 0. The standard InChI is InChI=1S/C19H23F2NO/c1-12(2)19(17-8-7-16(20)10-18(17)21)22-13(3)15-6-4-5-14(9-15)11-23/h4-10,12-13,19,22-23H,11H2,1-3H3. The SMILES string of the molecule is CC(NC(c1ccc(F)cc1F)C(C)C)c1cccc(CO)c1.